The SMILES string of the molecule is C[C@@H]1C[C@H]1C(=O)Oc1cccc(OC(=O)c2ccccc2)c1. The quantitative estimate of drug-likeness (QED) is 0.640. The predicted molar refractivity (Wildman–Crippen MR) is 80.7 cm³/mol. The highest BCUT2D eigenvalue weighted by molar-refractivity contribution is 5.91. The number of rotatable bonds is 4. The van der Waals surface area contributed by atoms with E-state index in [4.69, 9.17) is 9.47 Å². The molecule has 0 aliphatic heterocycles. The summed E-state index contributed by atoms with van der Waals surface area (Å²) in [6, 6.07) is 15.3. The van der Waals surface area contributed by atoms with Crippen molar-refractivity contribution in [2.45, 2.75) is 13.3 Å². The topological polar surface area (TPSA) is 52.6 Å². The molecular weight excluding hydrogens is 280 g/mol. The first kappa shape index (κ1) is 14.3. The van der Waals surface area contributed by atoms with E-state index in [1.807, 2.05) is 13.0 Å². The van der Waals surface area contributed by atoms with Gasteiger partial charge in [-0.15, -0.1) is 0 Å². The summed E-state index contributed by atoms with van der Waals surface area (Å²) in [6.07, 6.45) is 0.877. The first-order valence-electron chi connectivity index (χ1n) is 7.22. The maximum Gasteiger partial charge on any atom is 0.343 e. The molecule has 0 saturated heterocycles. The first-order valence-corrected chi connectivity index (χ1v) is 7.22. The van der Waals surface area contributed by atoms with Gasteiger partial charge in [0.25, 0.3) is 0 Å². The Balaban J connectivity index is 1.66. The Labute approximate surface area is 128 Å². The van der Waals surface area contributed by atoms with Crippen LogP contribution in [0, 0.1) is 11.8 Å². The molecular formula is C18H16O4. The number of carbonyl (C=O) groups excluding carboxylic acids is 2. The van der Waals surface area contributed by atoms with Crippen LogP contribution < -0.4 is 9.47 Å². The third kappa shape index (κ3) is 3.34. The van der Waals surface area contributed by atoms with E-state index in [0.29, 0.717) is 23.0 Å². The van der Waals surface area contributed by atoms with Crippen molar-refractivity contribution >= 4 is 11.9 Å². The minimum absolute atomic E-state index is 0.00414. The number of hydrogen-bond acceptors (Lipinski definition) is 4. The maximum atomic E-state index is 12.0. The number of esters is 2. The average molecular weight is 296 g/mol. The minimum atomic E-state index is -0.445. The Kier molecular flexibility index (Phi) is 3.92. The van der Waals surface area contributed by atoms with Crippen LogP contribution in [-0.4, -0.2) is 11.9 Å². The van der Waals surface area contributed by atoms with Crippen molar-refractivity contribution in [3.63, 3.8) is 0 Å². The molecule has 112 valence electrons. The van der Waals surface area contributed by atoms with Crippen LogP contribution in [0.1, 0.15) is 23.7 Å². The highest BCUT2D eigenvalue weighted by Crippen LogP contribution is 2.39. The molecule has 4 heteroatoms. The molecule has 2 aromatic carbocycles. The molecule has 0 amide bonds. The molecule has 1 aliphatic carbocycles. The zero-order valence-corrected chi connectivity index (χ0v) is 12.2. The second-order valence-electron chi connectivity index (χ2n) is 5.47. The van der Waals surface area contributed by atoms with Crippen LogP contribution in [0.15, 0.2) is 54.6 Å². The average Bonchev–Trinajstić information content (AvgIpc) is 3.25. The van der Waals surface area contributed by atoms with E-state index in [-0.39, 0.29) is 11.9 Å². The first-order chi connectivity index (χ1) is 10.6. The number of ether oxygens (including phenoxy) is 2. The van der Waals surface area contributed by atoms with Gasteiger partial charge in [-0.1, -0.05) is 31.2 Å². The van der Waals surface area contributed by atoms with Crippen molar-refractivity contribution < 1.29 is 19.1 Å². The summed E-state index contributed by atoms with van der Waals surface area (Å²) in [4.78, 5) is 23.8. The number of benzene rings is 2. The number of hydrogen-bond donors (Lipinski definition) is 0. The van der Waals surface area contributed by atoms with Gasteiger partial charge in [0.1, 0.15) is 11.5 Å². The molecule has 1 saturated carbocycles. The Morgan fingerprint density at radius 1 is 0.955 bits per heavy atom. The second-order valence-corrected chi connectivity index (χ2v) is 5.47. The van der Waals surface area contributed by atoms with Crippen molar-refractivity contribution in [3.05, 3.63) is 60.2 Å². The van der Waals surface area contributed by atoms with Crippen molar-refractivity contribution in [1.82, 2.24) is 0 Å². The summed E-state index contributed by atoms with van der Waals surface area (Å²) in [7, 11) is 0. The molecule has 0 bridgehead atoms. The van der Waals surface area contributed by atoms with E-state index in [9.17, 15) is 9.59 Å². The molecule has 2 aromatic rings. The summed E-state index contributed by atoms with van der Waals surface area (Å²) in [6.45, 7) is 2.02. The molecule has 0 spiro atoms. The van der Waals surface area contributed by atoms with Crippen molar-refractivity contribution in [2.24, 2.45) is 11.8 Å². The monoisotopic (exact) mass is 296 g/mol. The van der Waals surface area contributed by atoms with E-state index in [2.05, 4.69) is 0 Å². The van der Waals surface area contributed by atoms with Crippen molar-refractivity contribution in [3.8, 4) is 11.5 Å². The molecule has 0 radical (unpaired) electrons. The van der Waals surface area contributed by atoms with Crippen molar-refractivity contribution in [2.75, 3.05) is 0 Å². The van der Waals surface area contributed by atoms with Crippen LogP contribution >= 0.6 is 0 Å². The summed E-state index contributed by atoms with van der Waals surface area (Å²) >= 11 is 0. The van der Waals surface area contributed by atoms with Crippen LogP contribution in [0.5, 0.6) is 11.5 Å². The fourth-order valence-electron chi connectivity index (χ4n) is 2.18. The van der Waals surface area contributed by atoms with E-state index >= 15 is 0 Å². The van der Waals surface area contributed by atoms with Gasteiger partial charge in [-0.05, 0) is 36.6 Å². The lowest BCUT2D eigenvalue weighted by molar-refractivity contribution is -0.136. The molecule has 1 aliphatic rings. The van der Waals surface area contributed by atoms with Crippen LogP contribution in [0.2, 0.25) is 0 Å². The lowest BCUT2D eigenvalue weighted by Gasteiger charge is -2.07. The van der Waals surface area contributed by atoms with E-state index in [1.165, 1.54) is 0 Å². The molecule has 3 rings (SSSR count). The van der Waals surface area contributed by atoms with Gasteiger partial charge in [0.05, 0.1) is 11.5 Å². The summed E-state index contributed by atoms with van der Waals surface area (Å²) in [5.41, 5.74) is 0.469. The Bertz CT molecular complexity index is 693. The lowest BCUT2D eigenvalue weighted by atomic mass is 10.2. The second kappa shape index (κ2) is 6.02. The standard InChI is InChI=1S/C18H16O4/c1-12-10-16(12)18(20)22-15-9-5-8-14(11-15)21-17(19)13-6-3-2-4-7-13/h2-9,11-12,16H,10H2,1H3/t12-,16-/m1/s1. The molecule has 0 N–H and O–H groups in total. The normalized spacial score (nSPS) is 19.3. The molecule has 2 atom stereocenters. The third-order valence-corrected chi connectivity index (χ3v) is 3.66. The summed E-state index contributed by atoms with van der Waals surface area (Å²) in [5, 5.41) is 0. The van der Waals surface area contributed by atoms with Gasteiger partial charge < -0.3 is 9.47 Å². The molecule has 4 nitrogen and oxygen atoms in total. The Morgan fingerprint density at radius 3 is 2.23 bits per heavy atom. The van der Waals surface area contributed by atoms with E-state index in [1.54, 1.807) is 48.5 Å². The van der Waals surface area contributed by atoms with Gasteiger partial charge in [0.2, 0.25) is 0 Å². The van der Waals surface area contributed by atoms with E-state index in [0.717, 1.165) is 6.42 Å². The predicted octanol–water partition coefficient (Wildman–Crippen LogP) is 3.47. The smallest absolute Gasteiger partial charge is 0.343 e. The van der Waals surface area contributed by atoms with Gasteiger partial charge in [-0.25, -0.2) is 4.79 Å². The Hall–Kier alpha value is -2.62. The molecule has 0 heterocycles. The summed E-state index contributed by atoms with van der Waals surface area (Å²) in [5.74, 6) is 0.464. The molecule has 0 unspecified atom stereocenters. The van der Waals surface area contributed by atoms with E-state index < -0.39 is 5.97 Å². The fraction of sp³-hybridized carbons (Fsp3) is 0.222. The zero-order valence-electron chi connectivity index (χ0n) is 12.2. The third-order valence-electron chi connectivity index (χ3n) is 3.66. The lowest BCUT2D eigenvalue weighted by Crippen LogP contribution is -2.11. The minimum Gasteiger partial charge on any atom is -0.426 e. The maximum absolute atomic E-state index is 12.0. The zero-order chi connectivity index (χ0) is 15.5. The highest BCUT2D eigenvalue weighted by Gasteiger charge is 2.40. The highest BCUT2D eigenvalue weighted by atomic mass is 16.5. The van der Waals surface area contributed by atoms with Gasteiger partial charge >= 0.3 is 11.9 Å². The van der Waals surface area contributed by atoms with Crippen LogP contribution in [0.3, 0.4) is 0 Å². The Morgan fingerprint density at radius 2 is 1.59 bits per heavy atom. The van der Waals surface area contributed by atoms with Gasteiger partial charge in [0.15, 0.2) is 0 Å². The van der Waals surface area contributed by atoms with Gasteiger partial charge in [-0.2, -0.15) is 0 Å². The van der Waals surface area contributed by atoms with Gasteiger partial charge in [-0.3, -0.25) is 4.79 Å². The van der Waals surface area contributed by atoms with Crippen LogP contribution in [-0.2, 0) is 4.79 Å². The molecule has 1 fully saturated rings. The van der Waals surface area contributed by atoms with Gasteiger partial charge in [0, 0.05) is 6.07 Å². The fourth-order valence-corrected chi connectivity index (χ4v) is 2.18. The summed E-state index contributed by atoms with van der Waals surface area (Å²) < 4.78 is 10.6. The van der Waals surface area contributed by atoms with Crippen LogP contribution in [0.25, 0.3) is 0 Å². The largest absolute Gasteiger partial charge is 0.426 e. The van der Waals surface area contributed by atoms with Crippen LogP contribution in [0.4, 0.5) is 0 Å². The molecule has 0 aromatic heterocycles. The van der Waals surface area contributed by atoms with Crippen molar-refractivity contribution in [1.29, 1.82) is 0 Å². The number of carbonyl (C=O) groups is 2. The molecule has 22 heavy (non-hydrogen) atoms.